The van der Waals surface area contributed by atoms with E-state index in [2.05, 4.69) is 82.4 Å². The van der Waals surface area contributed by atoms with E-state index >= 15 is 0 Å². The van der Waals surface area contributed by atoms with Crippen molar-refractivity contribution in [2.24, 2.45) is 0 Å². The lowest BCUT2D eigenvalue weighted by atomic mass is 10.0. The first-order chi connectivity index (χ1) is 12.3. The predicted octanol–water partition coefficient (Wildman–Crippen LogP) is 5.54. The first kappa shape index (κ1) is 21.5. The molecule has 0 atom stereocenters. The summed E-state index contributed by atoms with van der Waals surface area (Å²) in [7, 11) is 0. The summed E-state index contributed by atoms with van der Waals surface area (Å²) in [6.07, 6.45) is 6.56. The van der Waals surface area contributed by atoms with Gasteiger partial charge in [0.2, 0.25) is 0 Å². The largest absolute Gasteiger partial charge is 0.299 e. The molecule has 0 aliphatic carbocycles. The molecule has 3 nitrogen and oxygen atoms in total. The molecule has 0 amide bonds. The van der Waals surface area contributed by atoms with Crippen LogP contribution in [0.2, 0.25) is 0 Å². The average Bonchev–Trinajstić information content (AvgIpc) is 3.13. The van der Waals surface area contributed by atoms with Crippen molar-refractivity contribution >= 4 is 24.8 Å². The fourth-order valence-corrected chi connectivity index (χ4v) is 3.70. The lowest BCUT2D eigenvalue weighted by molar-refractivity contribution is 0.173. The van der Waals surface area contributed by atoms with E-state index in [1.807, 2.05) is 6.20 Å². The van der Waals surface area contributed by atoms with Gasteiger partial charge in [0.15, 0.2) is 0 Å². The Morgan fingerprint density at radius 2 is 1.67 bits per heavy atom. The summed E-state index contributed by atoms with van der Waals surface area (Å²) in [6, 6.07) is 19.9. The van der Waals surface area contributed by atoms with Gasteiger partial charge in [-0.2, -0.15) is 5.10 Å². The smallest absolute Gasteiger partial charge is 0.0568 e. The van der Waals surface area contributed by atoms with Gasteiger partial charge in [0.25, 0.3) is 0 Å². The number of hydrogen-bond acceptors (Lipinski definition) is 2. The summed E-state index contributed by atoms with van der Waals surface area (Å²) in [5.74, 6) is 0. The van der Waals surface area contributed by atoms with Crippen LogP contribution in [0.4, 0.5) is 0 Å². The van der Waals surface area contributed by atoms with Crippen molar-refractivity contribution in [1.82, 2.24) is 14.7 Å². The first-order valence-electron chi connectivity index (χ1n) is 9.15. The number of hydrogen-bond donors (Lipinski definition) is 0. The van der Waals surface area contributed by atoms with E-state index in [9.17, 15) is 0 Å². The maximum absolute atomic E-state index is 4.65. The molecule has 0 bridgehead atoms. The van der Waals surface area contributed by atoms with E-state index in [1.165, 1.54) is 35.1 Å². The molecule has 27 heavy (non-hydrogen) atoms. The summed E-state index contributed by atoms with van der Waals surface area (Å²) in [5.41, 5.74) is 5.17. The Bertz CT molecular complexity index is 824. The maximum atomic E-state index is 4.65. The fourth-order valence-electron chi connectivity index (χ4n) is 3.70. The minimum absolute atomic E-state index is 0. The summed E-state index contributed by atoms with van der Waals surface area (Å²) < 4.78 is 2.18. The number of halogens is 2. The van der Waals surface area contributed by atoms with Crippen LogP contribution in [0.25, 0.3) is 11.1 Å². The third-order valence-electron chi connectivity index (χ3n) is 5.13. The van der Waals surface area contributed by atoms with Gasteiger partial charge in [0.1, 0.15) is 0 Å². The summed E-state index contributed by atoms with van der Waals surface area (Å²) in [5, 5.41) is 4.65. The quantitative estimate of drug-likeness (QED) is 0.569. The zero-order valence-electron chi connectivity index (χ0n) is 15.6. The van der Waals surface area contributed by atoms with E-state index in [4.69, 9.17) is 0 Å². The van der Waals surface area contributed by atoms with Crippen molar-refractivity contribution < 1.29 is 0 Å². The Morgan fingerprint density at radius 1 is 0.926 bits per heavy atom. The molecule has 1 fully saturated rings. The molecule has 1 aliphatic heterocycles. The van der Waals surface area contributed by atoms with Gasteiger partial charge >= 0.3 is 0 Å². The second-order valence-corrected chi connectivity index (χ2v) is 7.07. The summed E-state index contributed by atoms with van der Waals surface area (Å²) in [4.78, 5) is 2.55. The number of rotatable bonds is 4. The lowest BCUT2D eigenvalue weighted by Gasteiger charge is -2.32. The van der Waals surface area contributed by atoms with Crippen LogP contribution in [-0.2, 0) is 6.54 Å². The van der Waals surface area contributed by atoms with Gasteiger partial charge < -0.3 is 0 Å². The van der Waals surface area contributed by atoms with Crippen molar-refractivity contribution in [2.75, 3.05) is 13.1 Å². The predicted molar refractivity (Wildman–Crippen MR) is 117 cm³/mol. The van der Waals surface area contributed by atoms with E-state index in [-0.39, 0.29) is 24.8 Å². The van der Waals surface area contributed by atoms with Crippen LogP contribution in [0.3, 0.4) is 0 Å². The van der Waals surface area contributed by atoms with Gasteiger partial charge in [-0.3, -0.25) is 9.58 Å². The second kappa shape index (κ2) is 9.93. The Kier molecular flexibility index (Phi) is 7.91. The molecular weight excluding hydrogens is 377 g/mol. The molecule has 0 saturated carbocycles. The van der Waals surface area contributed by atoms with Crippen LogP contribution in [0.5, 0.6) is 0 Å². The second-order valence-electron chi connectivity index (χ2n) is 7.07. The van der Waals surface area contributed by atoms with Gasteiger partial charge in [0, 0.05) is 31.4 Å². The minimum atomic E-state index is 0. The Hall–Kier alpha value is -1.81. The number of piperidine rings is 1. The van der Waals surface area contributed by atoms with Gasteiger partial charge in [0.05, 0.1) is 12.2 Å². The van der Waals surface area contributed by atoms with Gasteiger partial charge in [-0.25, -0.2) is 0 Å². The van der Waals surface area contributed by atoms with Crippen LogP contribution < -0.4 is 0 Å². The number of aryl methyl sites for hydroxylation is 1. The monoisotopic (exact) mass is 403 g/mol. The Morgan fingerprint density at radius 3 is 2.37 bits per heavy atom. The molecule has 0 radical (unpaired) electrons. The minimum Gasteiger partial charge on any atom is -0.299 e. The molecule has 1 saturated heterocycles. The van der Waals surface area contributed by atoms with Gasteiger partial charge in [-0.1, -0.05) is 60.2 Å². The highest BCUT2D eigenvalue weighted by molar-refractivity contribution is 5.85. The molecule has 2 heterocycles. The van der Waals surface area contributed by atoms with Crippen molar-refractivity contribution in [3.63, 3.8) is 0 Å². The molecule has 5 heteroatoms. The Balaban J connectivity index is 0.00000131. The zero-order chi connectivity index (χ0) is 17.1. The fraction of sp³-hybridized carbons (Fsp3) is 0.318. The Labute approximate surface area is 174 Å². The average molecular weight is 404 g/mol. The molecule has 1 aliphatic rings. The van der Waals surface area contributed by atoms with Crippen LogP contribution >= 0.6 is 24.8 Å². The molecular formula is C22H27Cl2N3. The van der Waals surface area contributed by atoms with E-state index in [0.717, 1.165) is 19.6 Å². The number of likely N-dealkylation sites (tertiary alicyclic amines) is 1. The third-order valence-corrected chi connectivity index (χ3v) is 5.13. The maximum Gasteiger partial charge on any atom is 0.0568 e. The summed E-state index contributed by atoms with van der Waals surface area (Å²) >= 11 is 0. The number of nitrogens with zero attached hydrogens (tertiary/aromatic N) is 3. The molecule has 2 aromatic carbocycles. The summed E-state index contributed by atoms with van der Waals surface area (Å²) in [6.45, 7) is 5.47. The van der Waals surface area contributed by atoms with E-state index < -0.39 is 0 Å². The number of aromatic nitrogens is 2. The third kappa shape index (κ3) is 5.35. The highest BCUT2D eigenvalue weighted by Crippen LogP contribution is 2.26. The van der Waals surface area contributed by atoms with Crippen LogP contribution in [0.15, 0.2) is 67.0 Å². The molecule has 0 spiro atoms. The lowest BCUT2D eigenvalue weighted by Crippen LogP contribution is -2.34. The molecule has 0 unspecified atom stereocenters. The van der Waals surface area contributed by atoms with Crippen molar-refractivity contribution in [2.45, 2.75) is 32.4 Å². The first-order valence-corrected chi connectivity index (χ1v) is 9.15. The van der Waals surface area contributed by atoms with Crippen LogP contribution in [0, 0.1) is 6.92 Å². The highest BCUT2D eigenvalue weighted by Gasteiger charge is 2.21. The standard InChI is InChI=1S/C22H25N3.2ClH/c1-18-6-5-9-20(14-18)21-15-23-25(17-21)22-10-12-24(13-11-22)16-19-7-3-2-4-8-19;;/h2-9,14-15,17,22H,10-13,16H2,1H3;2*1H. The van der Waals surface area contributed by atoms with Crippen molar-refractivity contribution in [3.8, 4) is 11.1 Å². The molecule has 1 aromatic heterocycles. The zero-order valence-corrected chi connectivity index (χ0v) is 17.3. The molecule has 3 aromatic rings. The topological polar surface area (TPSA) is 21.1 Å². The van der Waals surface area contributed by atoms with E-state index in [0.29, 0.717) is 6.04 Å². The normalized spacial score (nSPS) is 15.0. The van der Waals surface area contributed by atoms with E-state index in [1.54, 1.807) is 0 Å². The molecule has 0 N–H and O–H groups in total. The van der Waals surface area contributed by atoms with Gasteiger partial charge in [-0.05, 0) is 30.9 Å². The molecule has 4 rings (SSSR count). The SMILES string of the molecule is Cc1cccc(-c2cnn(C3CCN(Cc4ccccc4)CC3)c2)c1.Cl.Cl. The van der Waals surface area contributed by atoms with Crippen molar-refractivity contribution in [3.05, 3.63) is 78.1 Å². The highest BCUT2D eigenvalue weighted by atomic mass is 35.5. The molecule has 144 valence electrons. The van der Waals surface area contributed by atoms with Crippen LogP contribution in [0.1, 0.15) is 30.0 Å². The van der Waals surface area contributed by atoms with Gasteiger partial charge in [-0.15, -0.1) is 24.8 Å². The van der Waals surface area contributed by atoms with Crippen LogP contribution in [-0.4, -0.2) is 27.8 Å². The number of benzene rings is 2. The van der Waals surface area contributed by atoms with Crippen molar-refractivity contribution in [1.29, 1.82) is 0 Å².